The predicted octanol–water partition coefficient (Wildman–Crippen LogP) is 1.58. The Bertz CT molecular complexity index is 1090. The Hall–Kier alpha value is -2.41. The quantitative estimate of drug-likeness (QED) is 0.670. The molecule has 13 heteroatoms. The summed E-state index contributed by atoms with van der Waals surface area (Å²) in [4.78, 5) is 31.1. The molecule has 1 aromatic heterocycles. The zero-order valence-electron chi connectivity index (χ0n) is 18.3. The number of sulfone groups is 1. The number of fused-ring (bicyclic) bond motifs is 1. The molecular formula is C21H27F3N4O5S. The van der Waals surface area contributed by atoms with Crippen molar-refractivity contribution in [1.82, 2.24) is 20.1 Å². The van der Waals surface area contributed by atoms with Gasteiger partial charge in [-0.3, -0.25) is 9.78 Å². The normalized spacial score (nSPS) is 27.0. The molecule has 4 fully saturated rings. The highest BCUT2D eigenvalue weighted by Crippen LogP contribution is 2.53. The van der Waals surface area contributed by atoms with Crippen LogP contribution in [0.2, 0.25) is 0 Å². The maximum atomic E-state index is 12.9. The van der Waals surface area contributed by atoms with Gasteiger partial charge >= 0.3 is 11.5 Å². The summed E-state index contributed by atoms with van der Waals surface area (Å²) < 4.78 is 66.4. The van der Waals surface area contributed by atoms with Crippen LogP contribution in [0.25, 0.3) is 0 Å². The molecule has 3 amide bonds. The van der Waals surface area contributed by atoms with Crippen LogP contribution in [-0.2, 0) is 25.8 Å². The largest absolute Gasteiger partial charge is 0.501 e. The van der Waals surface area contributed by atoms with Gasteiger partial charge in [0.25, 0.3) is 9.84 Å². The first kappa shape index (κ1) is 23.3. The third-order valence-corrected chi connectivity index (χ3v) is 8.74. The van der Waals surface area contributed by atoms with Crippen LogP contribution in [0, 0.1) is 11.3 Å². The summed E-state index contributed by atoms with van der Waals surface area (Å²) in [5, 5.41) is 2.89. The molecule has 1 N–H and O–H groups in total. The summed E-state index contributed by atoms with van der Waals surface area (Å²) in [5.74, 6) is 0.130. The van der Waals surface area contributed by atoms with E-state index in [1.165, 1.54) is 6.07 Å². The van der Waals surface area contributed by atoms with Crippen molar-refractivity contribution in [3.05, 3.63) is 24.0 Å². The molecule has 1 saturated carbocycles. The Morgan fingerprint density at radius 2 is 2.00 bits per heavy atom. The Morgan fingerprint density at radius 1 is 1.26 bits per heavy atom. The summed E-state index contributed by atoms with van der Waals surface area (Å²) >= 11 is 0. The number of morpholine rings is 1. The standard InChI is InChI=1S/C21H25F3N4O5S.H2/c22-21(23,24)34(31,32)15-2-1-14(25-8-15)5-13-6-20(7-13)11-28(12-20)19(30)27-4-3-17-16(9-27)26-18(29)10-33-17;/h1-2,8,13,16-17H,3-7,9-12H2,(H,26,29);1H/t16-,17+;/m1./s1. The number of aromatic nitrogens is 1. The minimum absolute atomic E-state index is 0. The second-order valence-corrected chi connectivity index (χ2v) is 11.8. The highest BCUT2D eigenvalue weighted by Gasteiger charge is 2.54. The molecule has 34 heavy (non-hydrogen) atoms. The second kappa shape index (κ2) is 8.08. The van der Waals surface area contributed by atoms with Crippen molar-refractivity contribution in [2.75, 3.05) is 32.8 Å². The number of piperidine rings is 1. The number of alkyl halides is 3. The van der Waals surface area contributed by atoms with Crippen molar-refractivity contribution in [2.24, 2.45) is 11.3 Å². The molecule has 4 aliphatic rings. The van der Waals surface area contributed by atoms with Gasteiger partial charge in [-0.2, -0.15) is 13.2 Å². The monoisotopic (exact) mass is 504 g/mol. The molecule has 9 nitrogen and oxygen atoms in total. The van der Waals surface area contributed by atoms with Crippen LogP contribution in [0.5, 0.6) is 0 Å². The van der Waals surface area contributed by atoms with Crippen LogP contribution in [0.4, 0.5) is 18.0 Å². The lowest BCUT2D eigenvalue weighted by Gasteiger charge is -2.60. The molecule has 0 radical (unpaired) electrons. The first-order valence-corrected chi connectivity index (χ1v) is 12.7. The molecule has 4 heterocycles. The van der Waals surface area contributed by atoms with E-state index in [1.807, 2.05) is 4.90 Å². The lowest BCUT2D eigenvalue weighted by atomic mass is 9.57. The van der Waals surface area contributed by atoms with Crippen molar-refractivity contribution in [1.29, 1.82) is 0 Å². The van der Waals surface area contributed by atoms with Crippen LogP contribution in [0.3, 0.4) is 0 Å². The number of amides is 3. The summed E-state index contributed by atoms with van der Waals surface area (Å²) in [7, 11) is -5.39. The van der Waals surface area contributed by atoms with Gasteiger partial charge in [-0.15, -0.1) is 0 Å². The van der Waals surface area contributed by atoms with Crippen molar-refractivity contribution in [2.45, 2.75) is 48.2 Å². The Labute approximate surface area is 196 Å². The molecule has 1 aliphatic carbocycles. The van der Waals surface area contributed by atoms with Crippen LogP contribution in [-0.4, -0.2) is 85.6 Å². The predicted molar refractivity (Wildman–Crippen MR) is 113 cm³/mol. The number of likely N-dealkylation sites (tertiary alicyclic amines) is 2. The van der Waals surface area contributed by atoms with E-state index in [9.17, 15) is 31.2 Å². The molecule has 3 saturated heterocycles. The molecule has 1 aromatic rings. The molecule has 0 bridgehead atoms. The number of carbonyl (C=O) groups is 2. The fourth-order valence-electron chi connectivity index (χ4n) is 5.66. The third-order valence-electron chi connectivity index (χ3n) is 7.27. The Morgan fingerprint density at radius 3 is 2.65 bits per heavy atom. The van der Waals surface area contributed by atoms with Crippen LogP contribution < -0.4 is 5.32 Å². The van der Waals surface area contributed by atoms with E-state index in [4.69, 9.17) is 4.74 Å². The summed E-state index contributed by atoms with van der Waals surface area (Å²) in [6, 6.07) is 2.08. The number of urea groups is 1. The molecule has 0 unspecified atom stereocenters. The maximum absolute atomic E-state index is 12.9. The Balaban J connectivity index is 0.00000289. The van der Waals surface area contributed by atoms with E-state index in [1.54, 1.807) is 4.90 Å². The van der Waals surface area contributed by atoms with Gasteiger partial charge in [0.15, 0.2) is 0 Å². The van der Waals surface area contributed by atoms with Crippen molar-refractivity contribution in [3.8, 4) is 0 Å². The van der Waals surface area contributed by atoms with Crippen molar-refractivity contribution >= 4 is 21.8 Å². The van der Waals surface area contributed by atoms with Crippen LogP contribution in [0.15, 0.2) is 23.2 Å². The van der Waals surface area contributed by atoms with Gasteiger partial charge in [0.05, 0.1) is 17.0 Å². The number of ether oxygens (including phenoxy) is 1. The topological polar surface area (TPSA) is 109 Å². The smallest absolute Gasteiger partial charge is 0.366 e. The van der Waals surface area contributed by atoms with Gasteiger partial charge < -0.3 is 19.9 Å². The molecule has 0 aromatic carbocycles. The Kier molecular flexibility index (Phi) is 5.54. The minimum atomic E-state index is -5.39. The van der Waals surface area contributed by atoms with Gasteiger partial charge in [0.1, 0.15) is 6.61 Å². The van der Waals surface area contributed by atoms with E-state index in [-0.39, 0.29) is 37.5 Å². The molecule has 2 atom stereocenters. The number of hydrogen-bond acceptors (Lipinski definition) is 6. The third kappa shape index (κ3) is 4.12. The average Bonchev–Trinajstić information content (AvgIpc) is 2.73. The highest BCUT2D eigenvalue weighted by molar-refractivity contribution is 7.92. The van der Waals surface area contributed by atoms with Crippen molar-refractivity contribution < 1.29 is 37.3 Å². The maximum Gasteiger partial charge on any atom is 0.501 e. The van der Waals surface area contributed by atoms with E-state index in [0.29, 0.717) is 50.6 Å². The van der Waals surface area contributed by atoms with Gasteiger partial charge in [-0.1, -0.05) is 0 Å². The number of halogens is 3. The van der Waals surface area contributed by atoms with Crippen LogP contribution in [0.1, 0.15) is 26.4 Å². The molecule has 5 rings (SSSR count). The summed E-state index contributed by atoms with van der Waals surface area (Å²) in [6.45, 7) is 2.41. The number of pyridine rings is 1. The average molecular weight is 505 g/mol. The SMILES string of the molecule is O=C1CO[C@H]2CCN(C(=O)N3CC4(CC(Cc5ccc(S(=O)(=O)C(F)(F)F)cn5)C4)C3)C[C@H]2N1.[HH]. The summed E-state index contributed by atoms with van der Waals surface area (Å²) in [5.41, 5.74) is -4.73. The van der Waals surface area contributed by atoms with Crippen molar-refractivity contribution in [3.63, 3.8) is 0 Å². The van der Waals surface area contributed by atoms with E-state index in [2.05, 4.69) is 10.3 Å². The molecule has 188 valence electrons. The number of hydrogen-bond donors (Lipinski definition) is 1. The number of carbonyl (C=O) groups excluding carboxylic acids is 2. The minimum Gasteiger partial charge on any atom is -0.366 e. The number of rotatable bonds is 3. The van der Waals surface area contributed by atoms with Crippen LogP contribution >= 0.6 is 0 Å². The van der Waals surface area contributed by atoms with Gasteiger partial charge in [-0.25, -0.2) is 13.2 Å². The van der Waals surface area contributed by atoms with E-state index in [0.717, 1.165) is 25.1 Å². The molecular weight excluding hydrogens is 477 g/mol. The lowest BCUT2D eigenvalue weighted by molar-refractivity contribution is -0.140. The number of nitrogens with zero attached hydrogens (tertiary/aromatic N) is 3. The van der Waals surface area contributed by atoms with Gasteiger partial charge in [0, 0.05) is 44.9 Å². The zero-order valence-corrected chi connectivity index (χ0v) is 19.1. The highest BCUT2D eigenvalue weighted by atomic mass is 32.2. The second-order valence-electron chi connectivity index (χ2n) is 9.81. The first-order valence-electron chi connectivity index (χ1n) is 11.2. The zero-order chi connectivity index (χ0) is 24.3. The van der Waals surface area contributed by atoms with Gasteiger partial charge in [-0.05, 0) is 43.7 Å². The summed E-state index contributed by atoms with van der Waals surface area (Å²) in [6.07, 6.45) is 3.73. The fourth-order valence-corrected chi connectivity index (χ4v) is 6.37. The fraction of sp³-hybridized carbons (Fsp3) is 0.667. The number of nitrogens with one attached hydrogen (secondary N) is 1. The van der Waals surface area contributed by atoms with E-state index < -0.39 is 20.2 Å². The lowest BCUT2D eigenvalue weighted by Crippen LogP contribution is -2.68. The van der Waals surface area contributed by atoms with E-state index >= 15 is 0 Å². The van der Waals surface area contributed by atoms with Gasteiger partial charge in [0.2, 0.25) is 5.91 Å². The molecule has 3 aliphatic heterocycles. The first-order chi connectivity index (χ1) is 16.0. The molecule has 1 spiro atoms.